The third kappa shape index (κ3) is 3.93. The highest BCUT2D eigenvalue weighted by atomic mass is 35.5. The molecule has 0 saturated carbocycles. The van der Waals surface area contributed by atoms with Crippen LogP contribution in [0.25, 0.3) is 0 Å². The summed E-state index contributed by atoms with van der Waals surface area (Å²) in [6.45, 7) is 4.01. The van der Waals surface area contributed by atoms with Gasteiger partial charge in [0.15, 0.2) is 11.5 Å². The molecule has 1 aromatic carbocycles. The molecule has 1 rings (SSSR count). The first-order chi connectivity index (χ1) is 7.67. The van der Waals surface area contributed by atoms with E-state index in [2.05, 4.69) is 6.07 Å². The van der Waals surface area contributed by atoms with Crippen molar-refractivity contribution in [1.29, 1.82) is 0 Å². The van der Waals surface area contributed by atoms with Crippen LogP contribution < -0.4 is 9.47 Å². The summed E-state index contributed by atoms with van der Waals surface area (Å²) in [5.41, 5.74) is 1.23. The Hall–Kier alpha value is -0.890. The normalized spacial score (nSPS) is 10.6. The standard InChI is InChI=1S/C13H19ClO2/c1-10(2)16-13-9-11(5-4-8-14)6-7-12(13)15-3/h6-7,9-10H,4-5,8H2,1-3H3. The van der Waals surface area contributed by atoms with Gasteiger partial charge in [0.25, 0.3) is 0 Å². The molecule has 1 aromatic rings. The van der Waals surface area contributed by atoms with Crippen LogP contribution in [0.2, 0.25) is 0 Å². The Morgan fingerprint density at radius 1 is 1.25 bits per heavy atom. The van der Waals surface area contributed by atoms with E-state index in [1.807, 2.05) is 26.0 Å². The van der Waals surface area contributed by atoms with Crippen LogP contribution in [0.3, 0.4) is 0 Å². The van der Waals surface area contributed by atoms with Gasteiger partial charge in [-0.2, -0.15) is 0 Å². The van der Waals surface area contributed by atoms with Gasteiger partial charge in [0.1, 0.15) is 0 Å². The van der Waals surface area contributed by atoms with Gasteiger partial charge >= 0.3 is 0 Å². The maximum absolute atomic E-state index is 5.70. The van der Waals surface area contributed by atoms with Gasteiger partial charge in [0.2, 0.25) is 0 Å². The van der Waals surface area contributed by atoms with Gasteiger partial charge < -0.3 is 9.47 Å². The number of aryl methyl sites for hydroxylation is 1. The van der Waals surface area contributed by atoms with E-state index in [1.54, 1.807) is 7.11 Å². The molecule has 0 saturated heterocycles. The highest BCUT2D eigenvalue weighted by Crippen LogP contribution is 2.29. The molecule has 0 fully saturated rings. The van der Waals surface area contributed by atoms with E-state index in [1.165, 1.54) is 5.56 Å². The fraction of sp³-hybridized carbons (Fsp3) is 0.538. The van der Waals surface area contributed by atoms with Crippen molar-refractivity contribution in [2.75, 3.05) is 13.0 Å². The molecule has 0 aliphatic carbocycles. The van der Waals surface area contributed by atoms with Crippen LogP contribution >= 0.6 is 11.6 Å². The molecule has 0 aliphatic rings. The summed E-state index contributed by atoms with van der Waals surface area (Å²) < 4.78 is 11.0. The number of rotatable bonds is 6. The van der Waals surface area contributed by atoms with Crippen LogP contribution in [-0.4, -0.2) is 19.1 Å². The highest BCUT2D eigenvalue weighted by Gasteiger charge is 2.07. The van der Waals surface area contributed by atoms with Crippen molar-refractivity contribution in [3.8, 4) is 11.5 Å². The van der Waals surface area contributed by atoms with E-state index in [0.29, 0.717) is 5.88 Å². The van der Waals surface area contributed by atoms with Crippen molar-refractivity contribution in [1.82, 2.24) is 0 Å². The van der Waals surface area contributed by atoms with E-state index < -0.39 is 0 Å². The number of benzene rings is 1. The van der Waals surface area contributed by atoms with Gasteiger partial charge in [-0.25, -0.2) is 0 Å². The molecule has 16 heavy (non-hydrogen) atoms. The number of alkyl halides is 1. The molecule has 0 heterocycles. The number of ether oxygens (including phenoxy) is 2. The second-order valence-electron chi connectivity index (χ2n) is 3.94. The molecule has 0 spiro atoms. The first kappa shape index (κ1) is 13.2. The largest absolute Gasteiger partial charge is 0.493 e. The molecule has 0 aliphatic heterocycles. The summed E-state index contributed by atoms with van der Waals surface area (Å²) in [5.74, 6) is 2.28. The van der Waals surface area contributed by atoms with Crippen molar-refractivity contribution in [3.63, 3.8) is 0 Å². The fourth-order valence-corrected chi connectivity index (χ4v) is 1.63. The number of hydrogen-bond acceptors (Lipinski definition) is 2. The molecule has 0 N–H and O–H groups in total. The minimum Gasteiger partial charge on any atom is -0.493 e. The maximum Gasteiger partial charge on any atom is 0.161 e. The van der Waals surface area contributed by atoms with Crippen molar-refractivity contribution in [2.45, 2.75) is 32.8 Å². The van der Waals surface area contributed by atoms with Gasteiger partial charge in [-0.05, 0) is 44.4 Å². The maximum atomic E-state index is 5.70. The second kappa shape index (κ2) is 6.64. The van der Waals surface area contributed by atoms with Crippen molar-refractivity contribution < 1.29 is 9.47 Å². The van der Waals surface area contributed by atoms with Crippen LogP contribution in [0.5, 0.6) is 11.5 Å². The van der Waals surface area contributed by atoms with Gasteiger partial charge in [-0.3, -0.25) is 0 Å². The molecule has 2 nitrogen and oxygen atoms in total. The van der Waals surface area contributed by atoms with E-state index in [9.17, 15) is 0 Å². The Bertz CT molecular complexity index is 324. The molecule has 3 heteroatoms. The average Bonchev–Trinajstić information content (AvgIpc) is 2.26. The monoisotopic (exact) mass is 242 g/mol. The average molecular weight is 243 g/mol. The van der Waals surface area contributed by atoms with E-state index in [4.69, 9.17) is 21.1 Å². The zero-order chi connectivity index (χ0) is 12.0. The smallest absolute Gasteiger partial charge is 0.161 e. The molecule has 0 amide bonds. The zero-order valence-corrected chi connectivity index (χ0v) is 10.9. The van der Waals surface area contributed by atoms with E-state index >= 15 is 0 Å². The molecule has 0 aromatic heterocycles. The first-order valence-electron chi connectivity index (χ1n) is 5.57. The Balaban J connectivity index is 2.83. The Morgan fingerprint density at radius 3 is 2.56 bits per heavy atom. The number of hydrogen-bond donors (Lipinski definition) is 0. The third-order valence-corrected chi connectivity index (χ3v) is 2.46. The van der Waals surface area contributed by atoms with Crippen molar-refractivity contribution >= 4 is 11.6 Å². The molecule has 0 radical (unpaired) electrons. The number of halogens is 1. The lowest BCUT2D eigenvalue weighted by molar-refractivity contribution is 0.230. The minimum absolute atomic E-state index is 0.150. The van der Waals surface area contributed by atoms with E-state index in [-0.39, 0.29) is 6.10 Å². The summed E-state index contributed by atoms with van der Waals surface area (Å²) >= 11 is 5.68. The van der Waals surface area contributed by atoms with Gasteiger partial charge in [0, 0.05) is 5.88 Å². The molecule has 0 atom stereocenters. The SMILES string of the molecule is COc1ccc(CCCCl)cc1OC(C)C. The predicted octanol–water partition coefficient (Wildman–Crippen LogP) is 3.65. The fourth-order valence-electron chi connectivity index (χ4n) is 1.49. The minimum atomic E-state index is 0.150. The lowest BCUT2D eigenvalue weighted by Crippen LogP contribution is -2.07. The van der Waals surface area contributed by atoms with Crippen LogP contribution in [0.4, 0.5) is 0 Å². The summed E-state index contributed by atoms with van der Waals surface area (Å²) in [6, 6.07) is 6.03. The van der Waals surface area contributed by atoms with Gasteiger partial charge in [0.05, 0.1) is 13.2 Å². The van der Waals surface area contributed by atoms with Crippen LogP contribution in [0.15, 0.2) is 18.2 Å². The van der Waals surface area contributed by atoms with Crippen LogP contribution in [0.1, 0.15) is 25.8 Å². The topological polar surface area (TPSA) is 18.5 Å². The molecule has 0 bridgehead atoms. The number of methoxy groups -OCH3 is 1. The summed E-state index contributed by atoms with van der Waals surface area (Å²) in [7, 11) is 1.65. The Labute approximate surface area is 103 Å². The second-order valence-corrected chi connectivity index (χ2v) is 4.32. The highest BCUT2D eigenvalue weighted by molar-refractivity contribution is 6.17. The summed E-state index contributed by atoms with van der Waals surface area (Å²) in [5, 5.41) is 0. The predicted molar refractivity (Wildman–Crippen MR) is 67.8 cm³/mol. The van der Waals surface area contributed by atoms with Gasteiger partial charge in [-0.1, -0.05) is 6.07 Å². The quantitative estimate of drug-likeness (QED) is 0.709. The van der Waals surface area contributed by atoms with Crippen LogP contribution in [-0.2, 0) is 6.42 Å². The molecular formula is C13H19ClO2. The van der Waals surface area contributed by atoms with Crippen molar-refractivity contribution in [3.05, 3.63) is 23.8 Å². The van der Waals surface area contributed by atoms with Crippen molar-refractivity contribution in [2.24, 2.45) is 0 Å². The van der Waals surface area contributed by atoms with E-state index in [0.717, 1.165) is 24.3 Å². The molecular weight excluding hydrogens is 224 g/mol. The van der Waals surface area contributed by atoms with Crippen LogP contribution in [0, 0.1) is 0 Å². The first-order valence-corrected chi connectivity index (χ1v) is 6.10. The Morgan fingerprint density at radius 2 is 2.00 bits per heavy atom. The molecule has 0 unspecified atom stereocenters. The summed E-state index contributed by atoms with van der Waals surface area (Å²) in [4.78, 5) is 0. The lowest BCUT2D eigenvalue weighted by Gasteiger charge is -2.14. The Kier molecular flexibility index (Phi) is 5.47. The third-order valence-electron chi connectivity index (χ3n) is 2.19. The van der Waals surface area contributed by atoms with Gasteiger partial charge in [-0.15, -0.1) is 11.6 Å². The summed E-state index contributed by atoms with van der Waals surface area (Å²) in [6.07, 6.45) is 2.11. The molecule has 90 valence electrons. The lowest BCUT2D eigenvalue weighted by atomic mass is 10.1. The zero-order valence-electron chi connectivity index (χ0n) is 10.1.